The van der Waals surface area contributed by atoms with Gasteiger partial charge in [0.15, 0.2) is 15.8 Å². The molecule has 0 unspecified atom stereocenters. The van der Waals surface area contributed by atoms with Gasteiger partial charge < -0.3 is 15.5 Å². The Balaban J connectivity index is 0.00000364. The van der Waals surface area contributed by atoms with E-state index in [2.05, 4.69) is 20.5 Å². The first-order valence-corrected chi connectivity index (χ1v) is 11.9. The fraction of sp³-hybridized carbons (Fsp3) is 0.947. The number of likely N-dealkylation sites (tertiary alicyclic amines) is 1. The summed E-state index contributed by atoms with van der Waals surface area (Å²) in [6.07, 6.45) is 7.76. The van der Waals surface area contributed by atoms with E-state index in [1.807, 2.05) is 6.92 Å². The molecule has 2 fully saturated rings. The highest BCUT2D eigenvalue weighted by molar-refractivity contribution is 14.0. The van der Waals surface area contributed by atoms with Crippen molar-refractivity contribution in [3.63, 3.8) is 0 Å². The first kappa shape index (κ1) is 24.9. The van der Waals surface area contributed by atoms with Gasteiger partial charge in [0.25, 0.3) is 0 Å². The zero-order chi connectivity index (χ0) is 19.2. The second-order valence-corrected chi connectivity index (χ2v) is 11.4. The molecule has 27 heavy (non-hydrogen) atoms. The molecule has 0 aromatic rings. The van der Waals surface area contributed by atoms with Gasteiger partial charge >= 0.3 is 0 Å². The van der Waals surface area contributed by atoms with Crippen LogP contribution in [0.15, 0.2) is 4.99 Å². The molecule has 2 rings (SSSR count). The molecule has 0 spiro atoms. The Bertz CT molecular complexity index is 561. The second-order valence-electron chi connectivity index (χ2n) is 8.58. The Morgan fingerprint density at radius 2 is 1.70 bits per heavy atom. The molecule has 2 N–H and O–H groups in total. The molecule has 0 radical (unpaired) electrons. The van der Waals surface area contributed by atoms with Crippen LogP contribution >= 0.6 is 24.0 Å². The van der Waals surface area contributed by atoms with Crippen LogP contribution in [-0.2, 0) is 9.84 Å². The van der Waals surface area contributed by atoms with Crippen LogP contribution in [0.25, 0.3) is 0 Å². The van der Waals surface area contributed by atoms with Gasteiger partial charge in [0, 0.05) is 31.7 Å². The van der Waals surface area contributed by atoms with Gasteiger partial charge in [-0.2, -0.15) is 0 Å². The third kappa shape index (κ3) is 7.68. The zero-order valence-corrected chi connectivity index (χ0v) is 20.6. The number of sulfone groups is 1. The molecular formula is C19H39IN4O2S. The van der Waals surface area contributed by atoms with E-state index in [4.69, 9.17) is 0 Å². The summed E-state index contributed by atoms with van der Waals surface area (Å²) < 4.78 is 23.7. The molecule has 1 aliphatic heterocycles. The van der Waals surface area contributed by atoms with Gasteiger partial charge in [-0.15, -0.1) is 24.0 Å². The number of hydrogen-bond acceptors (Lipinski definition) is 4. The van der Waals surface area contributed by atoms with Crippen molar-refractivity contribution in [3.8, 4) is 0 Å². The fourth-order valence-corrected chi connectivity index (χ4v) is 4.72. The third-order valence-corrected chi connectivity index (χ3v) is 8.20. The highest BCUT2D eigenvalue weighted by Gasteiger charge is 2.29. The smallest absolute Gasteiger partial charge is 0.191 e. The van der Waals surface area contributed by atoms with Gasteiger partial charge in [0.05, 0.1) is 17.0 Å². The predicted molar refractivity (Wildman–Crippen MR) is 125 cm³/mol. The average Bonchev–Trinajstić information content (AvgIpc) is 3.09. The summed E-state index contributed by atoms with van der Waals surface area (Å²) in [5.74, 6) is 0.837. The largest absolute Gasteiger partial charge is 0.357 e. The standard InChI is InChI=1S/C19H38N4O2S.HI/c1-5-20-18(21-12-15-26(24,25)19(2,3)4)22-16-10-13-23(14-11-16)17-8-6-7-9-17;/h16-17H,5-15H2,1-4H3,(H2,20,21,22);1H. The number of halogens is 1. The van der Waals surface area contributed by atoms with E-state index < -0.39 is 14.6 Å². The lowest BCUT2D eigenvalue weighted by Crippen LogP contribution is -2.50. The zero-order valence-electron chi connectivity index (χ0n) is 17.5. The topological polar surface area (TPSA) is 73.8 Å². The number of aliphatic imine (C=N–C) groups is 1. The normalized spacial score (nSPS) is 21.1. The Morgan fingerprint density at radius 1 is 1.11 bits per heavy atom. The van der Waals surface area contributed by atoms with Gasteiger partial charge in [-0.3, -0.25) is 4.99 Å². The molecule has 0 amide bonds. The van der Waals surface area contributed by atoms with Crippen LogP contribution in [0.4, 0.5) is 0 Å². The van der Waals surface area contributed by atoms with E-state index in [-0.39, 0.29) is 29.7 Å². The lowest BCUT2D eigenvalue weighted by molar-refractivity contribution is 0.150. The van der Waals surface area contributed by atoms with Crippen LogP contribution in [0.5, 0.6) is 0 Å². The maximum absolute atomic E-state index is 12.2. The molecule has 6 nitrogen and oxygen atoms in total. The number of nitrogens with one attached hydrogen (secondary N) is 2. The summed E-state index contributed by atoms with van der Waals surface area (Å²) in [4.78, 5) is 7.16. The average molecular weight is 515 g/mol. The SMILES string of the molecule is CCNC(=NCCS(=O)(=O)C(C)(C)C)NC1CCN(C2CCCC2)CC1.I. The molecule has 1 aliphatic carbocycles. The molecule has 0 atom stereocenters. The van der Waals surface area contributed by atoms with E-state index in [0.29, 0.717) is 12.6 Å². The summed E-state index contributed by atoms with van der Waals surface area (Å²) in [5, 5.41) is 6.76. The molecule has 0 bridgehead atoms. The lowest BCUT2D eigenvalue weighted by Gasteiger charge is -2.36. The van der Waals surface area contributed by atoms with Crippen LogP contribution < -0.4 is 10.6 Å². The molecular weight excluding hydrogens is 475 g/mol. The molecule has 0 aromatic heterocycles. The monoisotopic (exact) mass is 514 g/mol. The minimum Gasteiger partial charge on any atom is -0.357 e. The van der Waals surface area contributed by atoms with Crippen LogP contribution in [0.2, 0.25) is 0 Å². The summed E-state index contributed by atoms with van der Waals surface area (Å²) in [5.41, 5.74) is 0. The molecule has 1 saturated carbocycles. The van der Waals surface area contributed by atoms with Gasteiger partial charge in [-0.05, 0) is 53.4 Å². The predicted octanol–water partition coefficient (Wildman–Crippen LogP) is 2.78. The summed E-state index contributed by atoms with van der Waals surface area (Å²) in [6, 6.07) is 1.23. The maximum atomic E-state index is 12.2. The van der Waals surface area contributed by atoms with Gasteiger partial charge in [-0.25, -0.2) is 8.42 Å². The number of rotatable bonds is 6. The van der Waals surface area contributed by atoms with Crippen molar-refractivity contribution in [1.29, 1.82) is 0 Å². The van der Waals surface area contributed by atoms with Crippen molar-refractivity contribution >= 4 is 39.8 Å². The first-order valence-electron chi connectivity index (χ1n) is 10.2. The van der Waals surface area contributed by atoms with Gasteiger partial charge in [0.1, 0.15) is 0 Å². The number of nitrogens with zero attached hydrogens (tertiary/aromatic N) is 2. The highest BCUT2D eigenvalue weighted by Crippen LogP contribution is 2.26. The van der Waals surface area contributed by atoms with Crippen molar-refractivity contribution in [2.75, 3.05) is 31.9 Å². The van der Waals surface area contributed by atoms with E-state index in [1.54, 1.807) is 20.8 Å². The third-order valence-electron chi connectivity index (χ3n) is 5.62. The van der Waals surface area contributed by atoms with Crippen molar-refractivity contribution in [2.24, 2.45) is 4.99 Å². The maximum Gasteiger partial charge on any atom is 0.191 e. The van der Waals surface area contributed by atoms with E-state index >= 15 is 0 Å². The number of hydrogen-bond donors (Lipinski definition) is 2. The van der Waals surface area contributed by atoms with Crippen molar-refractivity contribution < 1.29 is 8.42 Å². The molecule has 1 heterocycles. The second kappa shape index (κ2) is 11.2. The summed E-state index contributed by atoms with van der Waals surface area (Å²) >= 11 is 0. The quantitative estimate of drug-likeness (QED) is 0.324. The van der Waals surface area contributed by atoms with E-state index in [0.717, 1.165) is 44.5 Å². The van der Waals surface area contributed by atoms with Crippen molar-refractivity contribution in [1.82, 2.24) is 15.5 Å². The Morgan fingerprint density at radius 3 is 2.22 bits per heavy atom. The summed E-state index contributed by atoms with van der Waals surface area (Å²) in [6.45, 7) is 10.6. The Hall–Kier alpha value is -0.0900. The molecule has 160 valence electrons. The van der Waals surface area contributed by atoms with E-state index in [1.165, 1.54) is 25.7 Å². The van der Waals surface area contributed by atoms with Crippen LogP contribution in [0.1, 0.15) is 66.2 Å². The van der Waals surface area contributed by atoms with E-state index in [9.17, 15) is 8.42 Å². The Kier molecular flexibility index (Phi) is 10.3. The molecule has 1 saturated heterocycles. The molecule has 0 aromatic carbocycles. The number of guanidine groups is 1. The van der Waals surface area contributed by atoms with Crippen LogP contribution in [-0.4, -0.2) is 68.0 Å². The van der Waals surface area contributed by atoms with Crippen molar-refractivity contribution in [3.05, 3.63) is 0 Å². The van der Waals surface area contributed by atoms with Crippen LogP contribution in [0, 0.1) is 0 Å². The van der Waals surface area contributed by atoms with Crippen LogP contribution in [0.3, 0.4) is 0 Å². The minimum absolute atomic E-state index is 0. The molecule has 2 aliphatic rings. The number of piperidine rings is 1. The minimum atomic E-state index is -3.13. The lowest BCUT2D eigenvalue weighted by atomic mass is 10.0. The van der Waals surface area contributed by atoms with Gasteiger partial charge in [-0.1, -0.05) is 12.8 Å². The van der Waals surface area contributed by atoms with Gasteiger partial charge in [0.2, 0.25) is 0 Å². The Labute approximate surface area is 183 Å². The fourth-order valence-electron chi connectivity index (χ4n) is 3.78. The van der Waals surface area contributed by atoms with Crippen molar-refractivity contribution in [2.45, 2.75) is 83.1 Å². The highest BCUT2D eigenvalue weighted by atomic mass is 127. The first-order chi connectivity index (χ1) is 12.2. The molecule has 8 heteroatoms. The summed E-state index contributed by atoms with van der Waals surface area (Å²) in [7, 11) is -3.13.